The number of rotatable bonds is 5. The van der Waals surface area contributed by atoms with E-state index in [4.69, 9.17) is 0 Å². The SMILES string of the molecule is Cc1ccc(S(=O)(=O)NCCc2ccccc2F)cc1. The van der Waals surface area contributed by atoms with Crippen molar-refractivity contribution >= 4 is 10.0 Å². The van der Waals surface area contributed by atoms with Gasteiger partial charge in [0.1, 0.15) is 5.82 Å². The Balaban J connectivity index is 2.00. The zero-order chi connectivity index (χ0) is 14.6. The topological polar surface area (TPSA) is 46.2 Å². The summed E-state index contributed by atoms with van der Waals surface area (Å²) in [5.41, 5.74) is 1.49. The molecule has 0 aliphatic carbocycles. The number of aryl methyl sites for hydroxylation is 1. The van der Waals surface area contributed by atoms with Crippen LogP contribution in [-0.4, -0.2) is 15.0 Å². The largest absolute Gasteiger partial charge is 0.240 e. The summed E-state index contributed by atoms with van der Waals surface area (Å²) >= 11 is 0. The lowest BCUT2D eigenvalue weighted by atomic mass is 10.1. The molecule has 2 aromatic carbocycles. The lowest BCUT2D eigenvalue weighted by Crippen LogP contribution is -2.26. The second kappa shape index (κ2) is 6.15. The minimum absolute atomic E-state index is 0.164. The summed E-state index contributed by atoms with van der Waals surface area (Å²) in [6.45, 7) is 2.05. The Morgan fingerprint density at radius 2 is 1.70 bits per heavy atom. The first kappa shape index (κ1) is 14.7. The molecule has 0 aliphatic rings. The van der Waals surface area contributed by atoms with E-state index < -0.39 is 10.0 Å². The van der Waals surface area contributed by atoms with Gasteiger partial charge in [0.2, 0.25) is 10.0 Å². The van der Waals surface area contributed by atoms with Gasteiger partial charge in [0.25, 0.3) is 0 Å². The molecule has 2 aromatic rings. The maximum atomic E-state index is 13.4. The van der Waals surface area contributed by atoms with Gasteiger partial charge in [-0.05, 0) is 37.1 Å². The van der Waals surface area contributed by atoms with Crippen LogP contribution in [0.1, 0.15) is 11.1 Å². The molecule has 0 aromatic heterocycles. The fraction of sp³-hybridized carbons (Fsp3) is 0.200. The fourth-order valence-electron chi connectivity index (χ4n) is 1.82. The molecule has 0 atom stereocenters. The van der Waals surface area contributed by atoms with E-state index in [1.807, 2.05) is 6.92 Å². The van der Waals surface area contributed by atoms with E-state index in [2.05, 4.69) is 4.72 Å². The summed E-state index contributed by atoms with van der Waals surface area (Å²) in [5, 5.41) is 0. The summed E-state index contributed by atoms with van der Waals surface area (Å²) in [6, 6.07) is 12.9. The highest BCUT2D eigenvalue weighted by atomic mass is 32.2. The summed E-state index contributed by atoms with van der Waals surface area (Å²) in [4.78, 5) is 0.219. The van der Waals surface area contributed by atoms with Gasteiger partial charge < -0.3 is 0 Å². The smallest absolute Gasteiger partial charge is 0.211 e. The van der Waals surface area contributed by atoms with Crippen molar-refractivity contribution in [3.05, 3.63) is 65.5 Å². The standard InChI is InChI=1S/C15H16FNO2S/c1-12-6-8-14(9-7-12)20(18,19)17-11-10-13-4-2-3-5-15(13)16/h2-9,17H,10-11H2,1H3. The molecule has 0 saturated carbocycles. The summed E-state index contributed by atoms with van der Waals surface area (Å²) in [5.74, 6) is -0.318. The molecule has 0 radical (unpaired) electrons. The number of sulfonamides is 1. The van der Waals surface area contributed by atoms with Crippen LogP contribution in [0, 0.1) is 12.7 Å². The molecule has 0 fully saturated rings. The van der Waals surface area contributed by atoms with Crippen molar-refractivity contribution < 1.29 is 12.8 Å². The highest BCUT2D eigenvalue weighted by Gasteiger charge is 2.13. The second-order valence-electron chi connectivity index (χ2n) is 4.55. The molecule has 0 heterocycles. The van der Waals surface area contributed by atoms with Gasteiger partial charge >= 0.3 is 0 Å². The van der Waals surface area contributed by atoms with Crippen LogP contribution in [0.3, 0.4) is 0 Å². The lowest BCUT2D eigenvalue weighted by Gasteiger charge is -2.07. The highest BCUT2D eigenvalue weighted by Crippen LogP contribution is 2.11. The van der Waals surface area contributed by atoms with E-state index >= 15 is 0 Å². The Labute approximate surface area is 118 Å². The number of halogens is 1. The van der Waals surface area contributed by atoms with Crippen LogP contribution in [0.2, 0.25) is 0 Å². The van der Waals surface area contributed by atoms with Crippen LogP contribution >= 0.6 is 0 Å². The average Bonchev–Trinajstić information content (AvgIpc) is 2.41. The van der Waals surface area contributed by atoms with Crippen LogP contribution in [0.4, 0.5) is 4.39 Å². The van der Waals surface area contributed by atoms with Gasteiger partial charge in [-0.1, -0.05) is 35.9 Å². The maximum absolute atomic E-state index is 13.4. The molecule has 0 unspecified atom stereocenters. The molecule has 106 valence electrons. The maximum Gasteiger partial charge on any atom is 0.240 e. The summed E-state index contributed by atoms with van der Waals surface area (Å²) < 4.78 is 39.9. The van der Waals surface area contributed by atoms with Crippen molar-refractivity contribution in [3.8, 4) is 0 Å². The van der Waals surface area contributed by atoms with E-state index in [9.17, 15) is 12.8 Å². The number of nitrogens with one attached hydrogen (secondary N) is 1. The molecule has 3 nitrogen and oxygen atoms in total. The van der Waals surface area contributed by atoms with Gasteiger partial charge in [0, 0.05) is 6.54 Å². The van der Waals surface area contributed by atoms with Gasteiger partial charge in [-0.15, -0.1) is 0 Å². The Bertz CT molecular complexity index is 681. The van der Waals surface area contributed by atoms with Crippen molar-refractivity contribution in [2.24, 2.45) is 0 Å². The third kappa shape index (κ3) is 3.65. The first-order valence-corrected chi connectivity index (χ1v) is 7.77. The van der Waals surface area contributed by atoms with Crippen LogP contribution < -0.4 is 4.72 Å². The Hall–Kier alpha value is -1.72. The molecule has 20 heavy (non-hydrogen) atoms. The fourth-order valence-corrected chi connectivity index (χ4v) is 2.85. The Kier molecular flexibility index (Phi) is 4.52. The number of hydrogen-bond donors (Lipinski definition) is 1. The van der Waals surface area contributed by atoms with Gasteiger partial charge in [0.15, 0.2) is 0 Å². The van der Waals surface area contributed by atoms with Crippen molar-refractivity contribution in [1.29, 1.82) is 0 Å². The molecular weight excluding hydrogens is 277 g/mol. The molecular formula is C15H16FNO2S. The zero-order valence-electron chi connectivity index (χ0n) is 11.1. The third-order valence-electron chi connectivity index (χ3n) is 2.98. The van der Waals surface area contributed by atoms with Crippen molar-refractivity contribution in [2.75, 3.05) is 6.54 Å². The quantitative estimate of drug-likeness (QED) is 0.921. The van der Waals surface area contributed by atoms with Crippen LogP contribution in [0.25, 0.3) is 0 Å². The van der Waals surface area contributed by atoms with Gasteiger partial charge in [-0.3, -0.25) is 0 Å². The Morgan fingerprint density at radius 1 is 1.05 bits per heavy atom. The molecule has 0 bridgehead atoms. The van der Waals surface area contributed by atoms with E-state index in [0.717, 1.165) is 5.56 Å². The number of benzene rings is 2. The third-order valence-corrected chi connectivity index (χ3v) is 4.45. The predicted octanol–water partition coefficient (Wildman–Crippen LogP) is 2.66. The van der Waals surface area contributed by atoms with E-state index in [-0.39, 0.29) is 17.3 Å². The highest BCUT2D eigenvalue weighted by molar-refractivity contribution is 7.89. The summed E-state index contributed by atoms with van der Waals surface area (Å²) in [7, 11) is -3.53. The molecule has 0 spiro atoms. The second-order valence-corrected chi connectivity index (χ2v) is 6.32. The van der Waals surface area contributed by atoms with Crippen molar-refractivity contribution in [1.82, 2.24) is 4.72 Å². The van der Waals surface area contributed by atoms with Gasteiger partial charge in [-0.2, -0.15) is 0 Å². The normalized spacial score (nSPS) is 11.5. The average molecular weight is 293 g/mol. The first-order chi connectivity index (χ1) is 9.49. The van der Waals surface area contributed by atoms with Crippen molar-refractivity contribution in [2.45, 2.75) is 18.2 Å². The molecule has 5 heteroatoms. The molecule has 0 aliphatic heterocycles. The summed E-state index contributed by atoms with van der Waals surface area (Å²) in [6.07, 6.45) is 0.317. The van der Waals surface area contributed by atoms with Crippen LogP contribution in [0.15, 0.2) is 53.4 Å². The van der Waals surface area contributed by atoms with E-state index in [0.29, 0.717) is 12.0 Å². The molecule has 2 rings (SSSR count). The molecule has 0 saturated heterocycles. The first-order valence-electron chi connectivity index (χ1n) is 6.29. The van der Waals surface area contributed by atoms with Crippen LogP contribution in [-0.2, 0) is 16.4 Å². The molecule has 1 N–H and O–H groups in total. The minimum Gasteiger partial charge on any atom is -0.211 e. The minimum atomic E-state index is -3.53. The zero-order valence-corrected chi connectivity index (χ0v) is 12.0. The van der Waals surface area contributed by atoms with E-state index in [1.165, 1.54) is 6.07 Å². The van der Waals surface area contributed by atoms with Crippen LogP contribution in [0.5, 0.6) is 0 Å². The number of hydrogen-bond acceptors (Lipinski definition) is 2. The lowest BCUT2D eigenvalue weighted by molar-refractivity contribution is 0.577. The van der Waals surface area contributed by atoms with Gasteiger partial charge in [0.05, 0.1) is 4.90 Å². The predicted molar refractivity (Wildman–Crippen MR) is 76.5 cm³/mol. The van der Waals surface area contributed by atoms with Gasteiger partial charge in [-0.25, -0.2) is 17.5 Å². The Morgan fingerprint density at radius 3 is 2.35 bits per heavy atom. The molecule has 0 amide bonds. The van der Waals surface area contributed by atoms with Crippen molar-refractivity contribution in [3.63, 3.8) is 0 Å². The monoisotopic (exact) mass is 293 g/mol. The van der Waals surface area contributed by atoms with E-state index in [1.54, 1.807) is 42.5 Å².